The van der Waals surface area contributed by atoms with E-state index in [1.54, 1.807) is 12.1 Å². The average Bonchev–Trinajstić information content (AvgIpc) is 2.16. The number of amides is 1. The van der Waals surface area contributed by atoms with Crippen LogP contribution in [0.4, 0.5) is 0 Å². The van der Waals surface area contributed by atoms with Crippen LogP contribution in [-0.4, -0.2) is 17.9 Å². The minimum atomic E-state index is -0.950. The molecule has 0 aliphatic carbocycles. The summed E-state index contributed by atoms with van der Waals surface area (Å²) in [6.45, 7) is 0. The molecule has 0 aromatic heterocycles. The first-order valence-electron chi connectivity index (χ1n) is 3.57. The maximum absolute atomic E-state index is 10.6. The van der Waals surface area contributed by atoms with Crippen LogP contribution < -0.4 is 5.73 Å². The molecule has 4 nitrogen and oxygen atoms in total. The SMILES string of the molecule is [N-]=C(C(N)=O)c1ccccc1C=O. The normalized spacial score (nSPS) is 9.23. The van der Waals surface area contributed by atoms with E-state index in [9.17, 15) is 15.0 Å². The molecule has 1 aromatic carbocycles. The van der Waals surface area contributed by atoms with Crippen molar-refractivity contribution in [3.8, 4) is 0 Å². The molecule has 0 radical (unpaired) electrons. The maximum Gasteiger partial charge on any atom is 0.225 e. The van der Waals surface area contributed by atoms with Crippen LogP contribution >= 0.6 is 0 Å². The molecule has 4 heteroatoms. The van der Waals surface area contributed by atoms with Crippen LogP contribution in [0.15, 0.2) is 24.3 Å². The van der Waals surface area contributed by atoms with Gasteiger partial charge < -0.3 is 11.1 Å². The number of nitrogens with two attached hydrogens (primary N) is 1. The zero-order valence-corrected chi connectivity index (χ0v) is 6.73. The van der Waals surface area contributed by atoms with Crippen LogP contribution in [0, 0.1) is 0 Å². The molecule has 0 spiro atoms. The van der Waals surface area contributed by atoms with E-state index in [0.717, 1.165) is 0 Å². The van der Waals surface area contributed by atoms with Crippen LogP contribution in [0.3, 0.4) is 0 Å². The largest absolute Gasteiger partial charge is 0.799 e. The molecular weight excluding hydrogens is 168 g/mol. The van der Waals surface area contributed by atoms with E-state index in [0.29, 0.717) is 6.29 Å². The van der Waals surface area contributed by atoms with Gasteiger partial charge in [0.05, 0.1) is 0 Å². The van der Waals surface area contributed by atoms with Crippen LogP contribution in [0.2, 0.25) is 0 Å². The molecule has 1 rings (SSSR count). The number of hydrogen-bond donors (Lipinski definition) is 1. The Hall–Kier alpha value is -1.97. The summed E-state index contributed by atoms with van der Waals surface area (Å²) in [6, 6.07) is 6.16. The summed E-state index contributed by atoms with van der Waals surface area (Å²) in [5, 5.41) is 9.19. The zero-order chi connectivity index (χ0) is 9.84. The number of primary amides is 1. The fourth-order valence-electron chi connectivity index (χ4n) is 0.948. The lowest BCUT2D eigenvalue weighted by atomic mass is 10.0. The number of hydrogen-bond acceptors (Lipinski definition) is 2. The van der Waals surface area contributed by atoms with E-state index in [1.165, 1.54) is 12.1 Å². The van der Waals surface area contributed by atoms with E-state index in [2.05, 4.69) is 0 Å². The van der Waals surface area contributed by atoms with Crippen LogP contribution in [-0.2, 0) is 4.79 Å². The zero-order valence-electron chi connectivity index (χ0n) is 6.73. The van der Waals surface area contributed by atoms with Gasteiger partial charge in [-0.25, -0.2) is 0 Å². The van der Waals surface area contributed by atoms with Crippen molar-refractivity contribution in [3.63, 3.8) is 0 Å². The smallest absolute Gasteiger partial charge is 0.225 e. The third-order valence-electron chi connectivity index (χ3n) is 1.58. The van der Waals surface area contributed by atoms with E-state index in [4.69, 9.17) is 5.73 Å². The highest BCUT2D eigenvalue weighted by molar-refractivity contribution is 6.47. The van der Waals surface area contributed by atoms with Gasteiger partial charge in [0.25, 0.3) is 0 Å². The predicted molar refractivity (Wildman–Crippen MR) is 48.5 cm³/mol. The number of aldehydes is 1. The number of benzene rings is 1. The van der Waals surface area contributed by atoms with Gasteiger partial charge in [0.1, 0.15) is 0 Å². The number of rotatable bonds is 3. The van der Waals surface area contributed by atoms with E-state index in [1.807, 2.05) is 0 Å². The summed E-state index contributed by atoms with van der Waals surface area (Å²) in [4.78, 5) is 21.1. The molecular formula is C9H7N2O2-. The average molecular weight is 175 g/mol. The third kappa shape index (κ3) is 1.79. The van der Waals surface area contributed by atoms with Crippen LogP contribution in [0.5, 0.6) is 0 Å². The van der Waals surface area contributed by atoms with Crippen LogP contribution in [0.1, 0.15) is 15.9 Å². The first-order valence-corrected chi connectivity index (χ1v) is 3.57. The molecule has 13 heavy (non-hydrogen) atoms. The molecule has 0 aliphatic rings. The molecule has 0 unspecified atom stereocenters. The maximum atomic E-state index is 10.6. The summed E-state index contributed by atoms with van der Waals surface area (Å²) in [5.41, 5.74) is 4.65. The second-order valence-corrected chi connectivity index (χ2v) is 2.42. The molecule has 0 bridgehead atoms. The molecule has 0 atom stereocenters. The number of nitrogens with zero attached hydrogens (tertiary/aromatic N) is 1. The Morgan fingerprint density at radius 1 is 1.38 bits per heavy atom. The highest BCUT2D eigenvalue weighted by Gasteiger charge is 2.03. The fourth-order valence-corrected chi connectivity index (χ4v) is 0.948. The summed E-state index contributed by atoms with van der Waals surface area (Å²) < 4.78 is 0. The Kier molecular flexibility index (Phi) is 2.54. The highest BCUT2D eigenvalue weighted by atomic mass is 16.1. The van der Waals surface area contributed by atoms with Gasteiger partial charge in [-0.2, -0.15) is 0 Å². The summed E-state index contributed by atoms with van der Waals surface area (Å²) in [5.74, 6) is -0.950. The number of carbonyl (C=O) groups is 2. The lowest BCUT2D eigenvalue weighted by molar-refractivity contribution is -0.111. The van der Waals surface area contributed by atoms with Crippen molar-refractivity contribution < 1.29 is 9.59 Å². The second kappa shape index (κ2) is 3.62. The topological polar surface area (TPSA) is 82.5 Å². The van der Waals surface area contributed by atoms with E-state index in [-0.39, 0.29) is 11.1 Å². The van der Waals surface area contributed by atoms with E-state index >= 15 is 0 Å². The Labute approximate surface area is 74.9 Å². The van der Waals surface area contributed by atoms with Gasteiger partial charge in [0.2, 0.25) is 5.91 Å². The van der Waals surface area contributed by atoms with Crippen molar-refractivity contribution in [3.05, 3.63) is 40.8 Å². The van der Waals surface area contributed by atoms with Crippen molar-refractivity contribution in [2.24, 2.45) is 5.73 Å². The van der Waals surface area contributed by atoms with Gasteiger partial charge in [-0.15, -0.1) is 0 Å². The van der Waals surface area contributed by atoms with Crippen molar-refractivity contribution in [1.82, 2.24) is 0 Å². The first kappa shape index (κ1) is 9.12. The monoisotopic (exact) mass is 175 g/mol. The standard InChI is InChI=1S/C9H7N2O2/c10-8(9(11)13)7-4-2-1-3-6(7)5-12/h1-5H,(H2,11,13)/q-1. The van der Waals surface area contributed by atoms with Crippen LogP contribution in [0.25, 0.3) is 5.41 Å². The highest BCUT2D eigenvalue weighted by Crippen LogP contribution is 2.06. The molecule has 1 amide bonds. The van der Waals surface area contributed by atoms with Gasteiger partial charge in [0, 0.05) is 5.56 Å². The van der Waals surface area contributed by atoms with Gasteiger partial charge in [0.15, 0.2) is 6.29 Å². The van der Waals surface area contributed by atoms with Gasteiger partial charge in [-0.1, -0.05) is 30.0 Å². The lowest BCUT2D eigenvalue weighted by Crippen LogP contribution is -2.23. The molecule has 0 saturated heterocycles. The third-order valence-corrected chi connectivity index (χ3v) is 1.58. The van der Waals surface area contributed by atoms with Crippen molar-refractivity contribution in [1.29, 1.82) is 0 Å². The van der Waals surface area contributed by atoms with Crippen molar-refractivity contribution >= 4 is 17.9 Å². The Morgan fingerprint density at radius 3 is 2.54 bits per heavy atom. The molecule has 0 aliphatic heterocycles. The van der Waals surface area contributed by atoms with E-state index < -0.39 is 11.6 Å². The Balaban J connectivity index is 3.20. The van der Waals surface area contributed by atoms with Gasteiger partial charge in [-0.3, -0.25) is 9.59 Å². The van der Waals surface area contributed by atoms with Gasteiger partial charge in [-0.05, 0) is 5.56 Å². The molecule has 0 fully saturated rings. The van der Waals surface area contributed by atoms with Crippen molar-refractivity contribution in [2.45, 2.75) is 0 Å². The molecule has 0 heterocycles. The first-order chi connectivity index (χ1) is 6.16. The Bertz CT molecular complexity index is 372. The minimum absolute atomic E-state index is 0.157. The summed E-state index contributed by atoms with van der Waals surface area (Å²) in [6.07, 6.45) is 0.550. The fraction of sp³-hybridized carbons (Fsp3) is 0. The minimum Gasteiger partial charge on any atom is -0.799 e. The molecule has 2 N–H and O–H groups in total. The predicted octanol–water partition coefficient (Wildman–Crippen LogP) is 0.343. The van der Waals surface area contributed by atoms with Gasteiger partial charge >= 0.3 is 0 Å². The lowest BCUT2D eigenvalue weighted by Gasteiger charge is -2.10. The Morgan fingerprint density at radius 2 is 2.00 bits per heavy atom. The van der Waals surface area contributed by atoms with Crippen molar-refractivity contribution in [2.75, 3.05) is 0 Å². The quantitative estimate of drug-likeness (QED) is 0.530. The molecule has 1 aromatic rings. The molecule has 66 valence electrons. The number of carbonyl (C=O) groups excluding carboxylic acids is 2. The second-order valence-electron chi connectivity index (χ2n) is 2.42. The summed E-state index contributed by atoms with van der Waals surface area (Å²) in [7, 11) is 0. The summed E-state index contributed by atoms with van der Waals surface area (Å²) >= 11 is 0. The molecule has 0 saturated carbocycles.